The molecule has 4 aromatic rings. The van der Waals surface area contributed by atoms with Gasteiger partial charge in [-0.15, -0.1) is 5.10 Å². The molecule has 1 aliphatic carbocycles. The smallest absolute Gasteiger partial charge is 0.407 e. The van der Waals surface area contributed by atoms with Crippen molar-refractivity contribution in [3.8, 4) is 17.3 Å². The molecule has 1 saturated heterocycles. The number of nitrogens with one attached hydrogen (secondary N) is 1. The van der Waals surface area contributed by atoms with Crippen LogP contribution >= 0.6 is 0 Å². The third-order valence-electron chi connectivity index (χ3n) is 7.65. The van der Waals surface area contributed by atoms with E-state index < -0.39 is 11.7 Å². The highest BCUT2D eigenvalue weighted by Gasteiger charge is 2.34. The van der Waals surface area contributed by atoms with Crippen LogP contribution in [0.25, 0.3) is 28.1 Å². The SMILES string of the molecule is CC(C)(C)OC(=O)NC1CC(Oc2ccc3ncc(-c4cc5c(N6CCN(C(C)(C)C)CC6)nccc5o4)n3n2)C1. The summed E-state index contributed by atoms with van der Waals surface area (Å²) in [5.41, 5.74) is 1.85. The molecule has 41 heavy (non-hydrogen) atoms. The summed E-state index contributed by atoms with van der Waals surface area (Å²) in [6, 6.07) is 7.66. The summed E-state index contributed by atoms with van der Waals surface area (Å²) in [4.78, 5) is 26.1. The second-order valence-corrected chi connectivity index (χ2v) is 12.9. The number of alkyl carbamates (subject to hydrolysis) is 1. The van der Waals surface area contributed by atoms with Gasteiger partial charge in [0.15, 0.2) is 11.4 Å². The molecule has 0 aromatic carbocycles. The highest BCUT2D eigenvalue weighted by atomic mass is 16.6. The quantitative estimate of drug-likeness (QED) is 0.364. The molecule has 1 aliphatic heterocycles. The van der Waals surface area contributed by atoms with Crippen LogP contribution in [0.3, 0.4) is 0 Å². The van der Waals surface area contributed by atoms with Crippen LogP contribution in [0.1, 0.15) is 54.4 Å². The molecule has 4 aromatic heterocycles. The van der Waals surface area contributed by atoms with Crippen molar-refractivity contribution in [1.29, 1.82) is 0 Å². The molecule has 0 bridgehead atoms. The number of carbonyl (C=O) groups is 1. The van der Waals surface area contributed by atoms with Crippen molar-refractivity contribution in [3.63, 3.8) is 0 Å². The van der Waals surface area contributed by atoms with Gasteiger partial charge in [0.25, 0.3) is 0 Å². The molecule has 0 radical (unpaired) electrons. The minimum Gasteiger partial charge on any atom is -0.473 e. The van der Waals surface area contributed by atoms with E-state index >= 15 is 0 Å². The van der Waals surface area contributed by atoms with Crippen molar-refractivity contribution in [2.24, 2.45) is 0 Å². The third kappa shape index (κ3) is 5.81. The summed E-state index contributed by atoms with van der Waals surface area (Å²) in [5, 5.41) is 8.58. The van der Waals surface area contributed by atoms with Crippen LogP contribution in [0.2, 0.25) is 0 Å². The average molecular weight is 562 g/mol. The molecule has 0 spiro atoms. The molecule has 6 rings (SSSR count). The van der Waals surface area contributed by atoms with Crippen LogP contribution in [0, 0.1) is 0 Å². The Morgan fingerprint density at radius 3 is 2.49 bits per heavy atom. The van der Waals surface area contributed by atoms with E-state index in [-0.39, 0.29) is 17.7 Å². The number of hydrogen-bond donors (Lipinski definition) is 1. The van der Waals surface area contributed by atoms with Crippen LogP contribution in [0.15, 0.2) is 41.1 Å². The van der Waals surface area contributed by atoms with Crippen molar-refractivity contribution < 1.29 is 18.7 Å². The lowest BCUT2D eigenvalue weighted by Gasteiger charge is -2.42. The predicted octanol–water partition coefficient (Wildman–Crippen LogP) is 4.89. The minimum absolute atomic E-state index is 0.0252. The van der Waals surface area contributed by atoms with E-state index in [1.165, 1.54) is 0 Å². The van der Waals surface area contributed by atoms with Gasteiger partial charge in [0, 0.05) is 62.9 Å². The molecular weight excluding hydrogens is 522 g/mol. The number of aromatic nitrogens is 4. The van der Waals surface area contributed by atoms with E-state index in [1.54, 1.807) is 10.7 Å². The number of piperazine rings is 1. The van der Waals surface area contributed by atoms with Gasteiger partial charge < -0.3 is 24.1 Å². The van der Waals surface area contributed by atoms with Crippen molar-refractivity contribution in [1.82, 2.24) is 29.8 Å². The number of amides is 1. The Bertz CT molecular complexity index is 1550. The molecule has 1 saturated carbocycles. The zero-order valence-electron chi connectivity index (χ0n) is 24.7. The van der Waals surface area contributed by atoms with Gasteiger partial charge in [-0.05, 0) is 59.7 Å². The summed E-state index contributed by atoms with van der Waals surface area (Å²) in [6.07, 6.45) is 4.52. The number of hydrogen-bond acceptors (Lipinski definition) is 9. The number of imidazole rings is 1. The zero-order valence-corrected chi connectivity index (χ0v) is 24.7. The molecule has 1 N–H and O–H groups in total. The maximum absolute atomic E-state index is 12.0. The van der Waals surface area contributed by atoms with Gasteiger partial charge in [0.05, 0.1) is 11.6 Å². The molecular formula is C30H39N7O4. The number of anilines is 1. The molecule has 1 amide bonds. The molecule has 0 atom stereocenters. The van der Waals surface area contributed by atoms with Crippen molar-refractivity contribution in [3.05, 3.63) is 36.7 Å². The van der Waals surface area contributed by atoms with E-state index in [0.29, 0.717) is 30.1 Å². The van der Waals surface area contributed by atoms with Gasteiger partial charge in [0.2, 0.25) is 5.88 Å². The fourth-order valence-corrected chi connectivity index (χ4v) is 5.43. The minimum atomic E-state index is -0.523. The summed E-state index contributed by atoms with van der Waals surface area (Å²) in [5.74, 6) is 2.11. The van der Waals surface area contributed by atoms with Crippen LogP contribution in [0.5, 0.6) is 5.88 Å². The Kier molecular flexibility index (Phi) is 6.80. The first-order valence-electron chi connectivity index (χ1n) is 14.3. The van der Waals surface area contributed by atoms with Crippen molar-refractivity contribution >= 4 is 28.5 Å². The molecule has 11 heteroatoms. The second-order valence-electron chi connectivity index (χ2n) is 12.9. The Hall–Kier alpha value is -3.86. The Labute approximate surface area is 239 Å². The van der Waals surface area contributed by atoms with E-state index in [0.717, 1.165) is 48.7 Å². The summed E-state index contributed by atoms with van der Waals surface area (Å²) in [7, 11) is 0. The fourth-order valence-electron chi connectivity index (χ4n) is 5.43. The van der Waals surface area contributed by atoms with Crippen LogP contribution in [-0.4, -0.2) is 80.0 Å². The molecule has 2 fully saturated rings. The van der Waals surface area contributed by atoms with E-state index in [9.17, 15) is 4.79 Å². The molecule has 0 unspecified atom stereocenters. The summed E-state index contributed by atoms with van der Waals surface area (Å²) >= 11 is 0. The lowest BCUT2D eigenvalue weighted by molar-refractivity contribution is 0.0352. The molecule has 11 nitrogen and oxygen atoms in total. The number of furan rings is 1. The van der Waals surface area contributed by atoms with Crippen molar-refractivity contribution in [2.75, 3.05) is 31.1 Å². The monoisotopic (exact) mass is 561 g/mol. The van der Waals surface area contributed by atoms with Gasteiger partial charge in [-0.2, -0.15) is 0 Å². The van der Waals surface area contributed by atoms with Crippen LogP contribution in [-0.2, 0) is 4.74 Å². The lowest BCUT2D eigenvalue weighted by Crippen LogP contribution is -2.53. The van der Waals surface area contributed by atoms with E-state index in [2.05, 4.69) is 40.9 Å². The number of fused-ring (bicyclic) bond motifs is 2. The molecule has 218 valence electrons. The third-order valence-corrected chi connectivity index (χ3v) is 7.65. The molecule has 2 aliphatic rings. The largest absolute Gasteiger partial charge is 0.473 e. The average Bonchev–Trinajstić information content (AvgIpc) is 3.49. The number of pyridine rings is 1. The first-order chi connectivity index (χ1) is 19.4. The van der Waals surface area contributed by atoms with Crippen LogP contribution in [0.4, 0.5) is 10.6 Å². The second kappa shape index (κ2) is 10.2. The maximum atomic E-state index is 12.0. The number of nitrogens with zero attached hydrogens (tertiary/aromatic N) is 6. The molecule has 5 heterocycles. The maximum Gasteiger partial charge on any atom is 0.407 e. The summed E-state index contributed by atoms with van der Waals surface area (Å²) < 4.78 is 19.5. The Morgan fingerprint density at radius 2 is 1.78 bits per heavy atom. The lowest BCUT2D eigenvalue weighted by atomic mass is 9.89. The van der Waals surface area contributed by atoms with Crippen molar-refractivity contribution in [2.45, 2.75) is 77.7 Å². The topological polar surface area (TPSA) is 110 Å². The number of ether oxygens (including phenoxy) is 2. The van der Waals surface area contributed by atoms with Gasteiger partial charge in [-0.3, -0.25) is 4.90 Å². The zero-order chi connectivity index (χ0) is 28.9. The number of rotatable bonds is 5. The number of carbonyl (C=O) groups excluding carboxylic acids is 1. The summed E-state index contributed by atoms with van der Waals surface area (Å²) in [6.45, 7) is 16.1. The van der Waals surface area contributed by atoms with Gasteiger partial charge in [-0.25, -0.2) is 19.3 Å². The van der Waals surface area contributed by atoms with Gasteiger partial charge >= 0.3 is 6.09 Å². The Balaban J connectivity index is 1.16. The standard InChI is InChI=1S/C30H39N7O4/c1-29(2,3)36-13-11-35(12-14-36)27-21-17-24(40-23(21)9-10-31-27)22-18-32-25-7-8-26(34-37(22)25)39-20-15-19(16-20)33-28(38)41-30(4,5)6/h7-10,17-20H,11-16H2,1-6H3,(H,33,38). The van der Waals surface area contributed by atoms with Crippen LogP contribution < -0.4 is 15.0 Å². The van der Waals surface area contributed by atoms with E-state index in [1.807, 2.05) is 51.2 Å². The van der Waals surface area contributed by atoms with Gasteiger partial charge in [0.1, 0.15) is 28.8 Å². The first kappa shape index (κ1) is 27.3. The normalized spacial score (nSPS) is 20.3. The fraction of sp³-hybridized carbons (Fsp3) is 0.533. The van der Waals surface area contributed by atoms with E-state index in [4.69, 9.17) is 24.0 Å². The first-order valence-corrected chi connectivity index (χ1v) is 14.3. The van der Waals surface area contributed by atoms with Gasteiger partial charge in [-0.1, -0.05) is 0 Å². The predicted molar refractivity (Wildman–Crippen MR) is 156 cm³/mol. The highest BCUT2D eigenvalue weighted by Crippen LogP contribution is 2.34. The highest BCUT2D eigenvalue weighted by molar-refractivity contribution is 5.92. The Morgan fingerprint density at radius 1 is 1.02 bits per heavy atom.